The Balaban J connectivity index is 2.69. The Hall–Kier alpha value is -2.06. The van der Waals surface area contributed by atoms with Crippen molar-refractivity contribution in [3.8, 4) is 6.07 Å². The van der Waals surface area contributed by atoms with E-state index in [1.165, 1.54) is 0 Å². The minimum absolute atomic E-state index is 0.417. The molecule has 0 amide bonds. The molecular formula is C10H10N2O3. The molecule has 0 saturated heterocycles. The van der Waals surface area contributed by atoms with E-state index < -0.39 is 12.6 Å². The maximum Gasteiger partial charge on any atom is 0.332 e. The third-order valence-electron chi connectivity index (χ3n) is 1.67. The van der Waals surface area contributed by atoms with E-state index in [0.717, 1.165) is 5.56 Å². The summed E-state index contributed by atoms with van der Waals surface area (Å²) in [6, 6.07) is 7.13. The standard InChI is InChI=1S/C10H10N2O3/c1-7-2-3-9(8(4-7)5-11)12-15-6-10(13)14/h2-4,12H,6H2,1H3,(H,13,14). The molecule has 0 aliphatic heterocycles. The largest absolute Gasteiger partial charge is 0.479 e. The molecule has 5 nitrogen and oxygen atoms in total. The van der Waals surface area contributed by atoms with E-state index >= 15 is 0 Å². The fourth-order valence-corrected chi connectivity index (χ4v) is 1.02. The lowest BCUT2D eigenvalue weighted by Gasteiger charge is -2.07. The van der Waals surface area contributed by atoms with E-state index in [9.17, 15) is 4.79 Å². The highest BCUT2D eigenvalue weighted by Gasteiger charge is 2.02. The van der Waals surface area contributed by atoms with Crippen molar-refractivity contribution >= 4 is 11.7 Å². The Labute approximate surface area is 86.9 Å². The first-order valence-electron chi connectivity index (χ1n) is 4.24. The van der Waals surface area contributed by atoms with Gasteiger partial charge < -0.3 is 5.11 Å². The molecule has 0 spiro atoms. The number of nitriles is 1. The number of benzene rings is 1. The molecule has 15 heavy (non-hydrogen) atoms. The van der Waals surface area contributed by atoms with Crippen LogP contribution in [0.15, 0.2) is 18.2 Å². The molecule has 0 unspecified atom stereocenters. The number of aryl methyl sites for hydroxylation is 1. The molecule has 1 aromatic carbocycles. The number of rotatable bonds is 4. The summed E-state index contributed by atoms with van der Waals surface area (Å²) in [7, 11) is 0. The predicted molar refractivity (Wildman–Crippen MR) is 53.1 cm³/mol. The molecule has 0 aliphatic rings. The normalized spacial score (nSPS) is 9.33. The number of anilines is 1. The van der Waals surface area contributed by atoms with Gasteiger partial charge in [0.15, 0.2) is 6.61 Å². The molecule has 0 radical (unpaired) electrons. The van der Waals surface area contributed by atoms with Crippen LogP contribution < -0.4 is 5.48 Å². The van der Waals surface area contributed by atoms with E-state index in [1.807, 2.05) is 13.0 Å². The van der Waals surface area contributed by atoms with E-state index in [1.54, 1.807) is 18.2 Å². The zero-order valence-corrected chi connectivity index (χ0v) is 8.15. The van der Waals surface area contributed by atoms with Crippen LogP contribution in [0.3, 0.4) is 0 Å². The molecule has 0 aliphatic carbocycles. The van der Waals surface area contributed by atoms with Gasteiger partial charge in [-0.2, -0.15) is 5.26 Å². The third-order valence-corrected chi connectivity index (χ3v) is 1.67. The van der Waals surface area contributed by atoms with Gasteiger partial charge in [0.05, 0.1) is 11.3 Å². The van der Waals surface area contributed by atoms with Crippen LogP contribution in [-0.2, 0) is 9.63 Å². The maximum absolute atomic E-state index is 10.2. The summed E-state index contributed by atoms with van der Waals surface area (Å²) in [5.41, 5.74) is 4.25. The van der Waals surface area contributed by atoms with Crippen LogP contribution in [0.4, 0.5) is 5.69 Å². The number of nitrogens with one attached hydrogen (secondary N) is 1. The zero-order valence-electron chi connectivity index (χ0n) is 8.15. The molecule has 0 heterocycles. The summed E-state index contributed by atoms with van der Waals surface area (Å²) in [5, 5.41) is 17.1. The first kappa shape index (κ1) is 11.0. The van der Waals surface area contributed by atoms with Crippen LogP contribution in [0.25, 0.3) is 0 Å². The van der Waals surface area contributed by atoms with Crippen molar-refractivity contribution in [3.63, 3.8) is 0 Å². The van der Waals surface area contributed by atoms with Gasteiger partial charge in [-0.15, -0.1) is 0 Å². The van der Waals surface area contributed by atoms with Crippen molar-refractivity contribution in [2.75, 3.05) is 12.1 Å². The highest BCUT2D eigenvalue weighted by Crippen LogP contribution is 2.15. The number of carboxylic acids is 1. The number of nitrogens with zero attached hydrogens (tertiary/aromatic N) is 1. The fraction of sp³-hybridized carbons (Fsp3) is 0.200. The molecule has 0 bridgehead atoms. The summed E-state index contributed by atoms with van der Waals surface area (Å²) in [4.78, 5) is 14.8. The highest BCUT2D eigenvalue weighted by molar-refractivity contribution is 5.68. The average molecular weight is 206 g/mol. The summed E-state index contributed by atoms with van der Waals surface area (Å²) < 4.78 is 0. The Kier molecular flexibility index (Phi) is 3.66. The van der Waals surface area contributed by atoms with Gasteiger partial charge in [-0.3, -0.25) is 10.3 Å². The molecule has 78 valence electrons. The van der Waals surface area contributed by atoms with Crippen molar-refractivity contribution < 1.29 is 14.7 Å². The first-order chi connectivity index (χ1) is 7.13. The van der Waals surface area contributed by atoms with E-state index in [0.29, 0.717) is 11.3 Å². The summed E-state index contributed by atoms with van der Waals surface area (Å²) in [5.74, 6) is -1.08. The lowest BCUT2D eigenvalue weighted by Crippen LogP contribution is -2.11. The summed E-state index contributed by atoms with van der Waals surface area (Å²) >= 11 is 0. The molecule has 0 aromatic heterocycles. The Morgan fingerprint density at radius 3 is 3.00 bits per heavy atom. The van der Waals surface area contributed by atoms with Gasteiger partial charge in [0.25, 0.3) is 0 Å². The van der Waals surface area contributed by atoms with E-state index in [2.05, 4.69) is 10.3 Å². The molecule has 1 rings (SSSR count). The number of carboxylic acid groups (broad SMARTS) is 1. The predicted octanol–water partition coefficient (Wildman–Crippen LogP) is 1.29. The van der Waals surface area contributed by atoms with Gasteiger partial charge in [-0.05, 0) is 24.6 Å². The Morgan fingerprint density at radius 1 is 1.67 bits per heavy atom. The average Bonchev–Trinajstić information content (AvgIpc) is 2.19. The van der Waals surface area contributed by atoms with Crippen molar-refractivity contribution in [2.45, 2.75) is 6.92 Å². The van der Waals surface area contributed by atoms with E-state index in [4.69, 9.17) is 10.4 Å². The van der Waals surface area contributed by atoms with Gasteiger partial charge in [0, 0.05) is 0 Å². The zero-order chi connectivity index (χ0) is 11.3. The van der Waals surface area contributed by atoms with Crippen LogP contribution in [-0.4, -0.2) is 17.7 Å². The van der Waals surface area contributed by atoms with Crippen molar-refractivity contribution in [1.29, 1.82) is 5.26 Å². The SMILES string of the molecule is Cc1ccc(NOCC(=O)O)c(C#N)c1. The van der Waals surface area contributed by atoms with Crippen LogP contribution in [0.2, 0.25) is 0 Å². The van der Waals surface area contributed by atoms with Gasteiger partial charge >= 0.3 is 5.97 Å². The van der Waals surface area contributed by atoms with Gasteiger partial charge in [0.2, 0.25) is 0 Å². The topological polar surface area (TPSA) is 82.3 Å². The monoisotopic (exact) mass is 206 g/mol. The van der Waals surface area contributed by atoms with Crippen LogP contribution >= 0.6 is 0 Å². The van der Waals surface area contributed by atoms with Gasteiger partial charge in [-0.25, -0.2) is 4.79 Å². The highest BCUT2D eigenvalue weighted by atomic mass is 16.7. The minimum atomic E-state index is -1.08. The second-order valence-corrected chi connectivity index (χ2v) is 2.95. The Morgan fingerprint density at radius 2 is 2.40 bits per heavy atom. The molecule has 0 atom stereocenters. The number of hydrogen-bond donors (Lipinski definition) is 2. The molecule has 1 aromatic rings. The Bertz CT molecular complexity index is 410. The summed E-state index contributed by atoms with van der Waals surface area (Å²) in [6.07, 6.45) is 0. The second kappa shape index (κ2) is 4.98. The lowest BCUT2D eigenvalue weighted by atomic mass is 10.1. The number of hydrogen-bond acceptors (Lipinski definition) is 4. The van der Waals surface area contributed by atoms with Crippen molar-refractivity contribution in [2.24, 2.45) is 0 Å². The quantitative estimate of drug-likeness (QED) is 0.725. The number of carbonyl (C=O) groups is 1. The maximum atomic E-state index is 10.2. The fourth-order valence-electron chi connectivity index (χ4n) is 1.02. The molecule has 0 fully saturated rings. The van der Waals surface area contributed by atoms with Crippen molar-refractivity contribution in [3.05, 3.63) is 29.3 Å². The summed E-state index contributed by atoms with van der Waals surface area (Å²) in [6.45, 7) is 1.40. The molecular weight excluding hydrogens is 196 g/mol. The van der Waals surface area contributed by atoms with Gasteiger partial charge in [0.1, 0.15) is 6.07 Å². The lowest BCUT2D eigenvalue weighted by molar-refractivity contribution is -0.141. The third kappa shape index (κ3) is 3.29. The second-order valence-electron chi connectivity index (χ2n) is 2.95. The van der Waals surface area contributed by atoms with Crippen molar-refractivity contribution in [1.82, 2.24) is 0 Å². The minimum Gasteiger partial charge on any atom is -0.479 e. The van der Waals surface area contributed by atoms with Crippen LogP contribution in [0.5, 0.6) is 0 Å². The van der Waals surface area contributed by atoms with Crippen LogP contribution in [0, 0.1) is 18.3 Å². The first-order valence-corrected chi connectivity index (χ1v) is 4.24. The molecule has 2 N–H and O–H groups in total. The molecule has 5 heteroatoms. The van der Waals surface area contributed by atoms with Crippen LogP contribution in [0.1, 0.15) is 11.1 Å². The van der Waals surface area contributed by atoms with E-state index in [-0.39, 0.29) is 0 Å². The number of aliphatic carboxylic acids is 1. The smallest absolute Gasteiger partial charge is 0.332 e. The molecule has 0 saturated carbocycles. The van der Waals surface area contributed by atoms with Gasteiger partial charge in [-0.1, -0.05) is 6.07 Å².